The molecule has 24 heavy (non-hydrogen) atoms. The Morgan fingerprint density at radius 1 is 1.42 bits per heavy atom. The minimum absolute atomic E-state index is 0.300. The van der Waals surface area contributed by atoms with E-state index in [4.69, 9.17) is 4.42 Å². The molecule has 0 bridgehead atoms. The Hall–Kier alpha value is -1.98. The summed E-state index contributed by atoms with van der Waals surface area (Å²) in [6, 6.07) is 4.19. The zero-order valence-electron chi connectivity index (χ0n) is 14.9. The van der Waals surface area contributed by atoms with Crippen LogP contribution in [-0.2, 0) is 11.2 Å². The second-order valence-corrected chi connectivity index (χ2v) is 6.06. The van der Waals surface area contributed by atoms with Crippen LogP contribution in [0.15, 0.2) is 27.8 Å². The maximum atomic E-state index is 11.9. The quantitative estimate of drug-likeness (QED) is 0.536. The van der Waals surface area contributed by atoms with Crippen molar-refractivity contribution >= 4 is 11.9 Å². The smallest absolute Gasteiger partial charge is 0.222 e. The predicted molar refractivity (Wildman–Crippen MR) is 96.0 cm³/mol. The van der Waals surface area contributed by atoms with Gasteiger partial charge in [-0.25, -0.2) is 0 Å². The molecule has 0 spiro atoms. The number of rotatable bonds is 9. The second-order valence-electron chi connectivity index (χ2n) is 6.06. The van der Waals surface area contributed by atoms with Crippen LogP contribution in [0.2, 0.25) is 0 Å². The van der Waals surface area contributed by atoms with Gasteiger partial charge in [0.1, 0.15) is 5.76 Å². The normalized spacial score (nSPS) is 16.5. The number of amides is 1. The van der Waals surface area contributed by atoms with E-state index >= 15 is 0 Å². The van der Waals surface area contributed by atoms with Gasteiger partial charge in [0.15, 0.2) is 5.96 Å². The number of nitrogens with one attached hydrogen (secondary N) is 2. The molecule has 2 rings (SSSR count). The highest BCUT2D eigenvalue weighted by Crippen LogP contribution is 2.18. The molecule has 1 fully saturated rings. The van der Waals surface area contributed by atoms with Gasteiger partial charge < -0.3 is 20.0 Å². The summed E-state index contributed by atoms with van der Waals surface area (Å²) >= 11 is 0. The highest BCUT2D eigenvalue weighted by atomic mass is 16.3. The average Bonchev–Trinajstić information content (AvgIpc) is 3.23. The zero-order chi connectivity index (χ0) is 17.2. The number of carbonyl (C=O) groups is 1. The Morgan fingerprint density at radius 2 is 2.29 bits per heavy atom. The Kier molecular flexibility index (Phi) is 7.65. The van der Waals surface area contributed by atoms with Crippen LogP contribution in [0.25, 0.3) is 0 Å². The average molecular weight is 334 g/mol. The molecule has 1 saturated heterocycles. The van der Waals surface area contributed by atoms with Gasteiger partial charge in [-0.15, -0.1) is 0 Å². The van der Waals surface area contributed by atoms with Crippen molar-refractivity contribution < 1.29 is 9.21 Å². The van der Waals surface area contributed by atoms with E-state index < -0.39 is 0 Å². The zero-order valence-corrected chi connectivity index (χ0v) is 14.9. The van der Waals surface area contributed by atoms with Gasteiger partial charge in [-0.2, -0.15) is 0 Å². The molecule has 1 aliphatic rings. The van der Waals surface area contributed by atoms with Crippen LogP contribution in [0.3, 0.4) is 0 Å². The van der Waals surface area contributed by atoms with Crippen molar-refractivity contribution in [1.29, 1.82) is 0 Å². The van der Waals surface area contributed by atoms with Crippen molar-refractivity contribution in [2.75, 3.05) is 26.2 Å². The van der Waals surface area contributed by atoms with E-state index in [0.29, 0.717) is 18.4 Å². The first kappa shape index (κ1) is 18.4. The van der Waals surface area contributed by atoms with Gasteiger partial charge in [0.25, 0.3) is 0 Å². The number of carbonyl (C=O) groups excluding carboxylic acids is 1. The standard InChI is InChI=1S/C18H30N4O2/c1-3-15(22-13-5-8-17(22)23)9-11-20-18(19-4-2)21-12-10-16-7-6-14-24-16/h6-7,14-15H,3-5,8-13H2,1-2H3,(H2,19,20,21). The Morgan fingerprint density at radius 3 is 2.92 bits per heavy atom. The number of likely N-dealkylation sites (tertiary alicyclic amines) is 1. The van der Waals surface area contributed by atoms with E-state index in [1.54, 1.807) is 6.26 Å². The third-order valence-corrected chi connectivity index (χ3v) is 4.34. The van der Waals surface area contributed by atoms with Crippen molar-refractivity contribution in [3.8, 4) is 0 Å². The molecular weight excluding hydrogens is 304 g/mol. The minimum atomic E-state index is 0.300. The fourth-order valence-electron chi connectivity index (χ4n) is 3.06. The van der Waals surface area contributed by atoms with E-state index in [0.717, 1.165) is 63.6 Å². The van der Waals surface area contributed by atoms with Crippen LogP contribution in [0.5, 0.6) is 0 Å². The summed E-state index contributed by atoms with van der Waals surface area (Å²) in [5.41, 5.74) is 0. The molecule has 0 aliphatic carbocycles. The maximum Gasteiger partial charge on any atom is 0.222 e. The molecular formula is C18H30N4O2. The Labute approximate surface area is 144 Å². The fraction of sp³-hybridized carbons (Fsp3) is 0.667. The van der Waals surface area contributed by atoms with Gasteiger partial charge in [-0.3, -0.25) is 9.79 Å². The van der Waals surface area contributed by atoms with Gasteiger partial charge >= 0.3 is 0 Å². The van der Waals surface area contributed by atoms with Crippen LogP contribution in [0, 0.1) is 0 Å². The van der Waals surface area contributed by atoms with Crippen LogP contribution in [0.4, 0.5) is 0 Å². The van der Waals surface area contributed by atoms with Crippen molar-refractivity contribution in [1.82, 2.24) is 15.5 Å². The predicted octanol–water partition coefficient (Wildman–Crippen LogP) is 2.17. The SMILES string of the molecule is CCNC(=NCCC(CC)N1CCCC1=O)NCCc1ccco1. The highest BCUT2D eigenvalue weighted by Gasteiger charge is 2.26. The lowest BCUT2D eigenvalue weighted by molar-refractivity contribution is -0.129. The minimum Gasteiger partial charge on any atom is -0.469 e. The molecule has 0 saturated carbocycles. The summed E-state index contributed by atoms with van der Waals surface area (Å²) in [5.74, 6) is 2.10. The number of furan rings is 1. The number of hydrogen-bond donors (Lipinski definition) is 2. The summed E-state index contributed by atoms with van der Waals surface area (Å²) in [4.78, 5) is 18.6. The van der Waals surface area contributed by atoms with Crippen LogP contribution >= 0.6 is 0 Å². The molecule has 0 aromatic carbocycles. The largest absolute Gasteiger partial charge is 0.469 e. The molecule has 1 unspecified atom stereocenters. The summed E-state index contributed by atoms with van der Waals surface area (Å²) < 4.78 is 5.33. The van der Waals surface area contributed by atoms with Gasteiger partial charge in [-0.1, -0.05) is 6.92 Å². The van der Waals surface area contributed by atoms with Crippen molar-refractivity contribution in [2.24, 2.45) is 4.99 Å². The molecule has 1 amide bonds. The number of guanidine groups is 1. The first-order chi connectivity index (χ1) is 11.7. The molecule has 1 aromatic rings. The molecule has 1 aliphatic heterocycles. The lowest BCUT2D eigenvalue weighted by Crippen LogP contribution is -2.39. The third kappa shape index (κ3) is 5.58. The molecule has 6 nitrogen and oxygen atoms in total. The van der Waals surface area contributed by atoms with E-state index in [9.17, 15) is 4.79 Å². The van der Waals surface area contributed by atoms with E-state index in [1.165, 1.54) is 0 Å². The van der Waals surface area contributed by atoms with E-state index in [-0.39, 0.29) is 0 Å². The van der Waals surface area contributed by atoms with Crippen molar-refractivity contribution in [2.45, 2.75) is 52.0 Å². The lowest BCUT2D eigenvalue weighted by atomic mass is 10.1. The molecule has 0 radical (unpaired) electrons. The Balaban J connectivity index is 1.77. The Bertz CT molecular complexity index is 513. The van der Waals surface area contributed by atoms with Gasteiger partial charge in [0.2, 0.25) is 5.91 Å². The van der Waals surface area contributed by atoms with E-state index in [1.807, 2.05) is 17.0 Å². The van der Waals surface area contributed by atoms with Gasteiger partial charge in [0, 0.05) is 45.1 Å². The molecule has 1 atom stereocenters. The summed E-state index contributed by atoms with van der Waals surface area (Å²) in [6.07, 6.45) is 6.13. The van der Waals surface area contributed by atoms with Gasteiger partial charge in [-0.05, 0) is 38.3 Å². The van der Waals surface area contributed by atoms with E-state index in [2.05, 4.69) is 29.5 Å². The topological polar surface area (TPSA) is 69.9 Å². The highest BCUT2D eigenvalue weighted by molar-refractivity contribution is 5.80. The van der Waals surface area contributed by atoms with Crippen LogP contribution in [0.1, 0.15) is 45.3 Å². The number of hydrogen-bond acceptors (Lipinski definition) is 3. The first-order valence-electron chi connectivity index (χ1n) is 9.08. The maximum absolute atomic E-state index is 11.9. The summed E-state index contributed by atoms with van der Waals surface area (Å²) in [5, 5.41) is 6.59. The van der Waals surface area contributed by atoms with Crippen LogP contribution < -0.4 is 10.6 Å². The molecule has 2 heterocycles. The van der Waals surface area contributed by atoms with Crippen molar-refractivity contribution in [3.05, 3.63) is 24.2 Å². The summed E-state index contributed by atoms with van der Waals surface area (Å²) in [6.45, 7) is 7.44. The van der Waals surface area contributed by atoms with Crippen LogP contribution in [-0.4, -0.2) is 49.0 Å². The third-order valence-electron chi connectivity index (χ3n) is 4.34. The first-order valence-corrected chi connectivity index (χ1v) is 9.08. The second kappa shape index (κ2) is 10.0. The van der Waals surface area contributed by atoms with Gasteiger partial charge in [0.05, 0.1) is 6.26 Å². The molecule has 6 heteroatoms. The van der Waals surface area contributed by atoms with Crippen molar-refractivity contribution in [3.63, 3.8) is 0 Å². The number of aliphatic imine (C=N–C) groups is 1. The summed E-state index contributed by atoms with van der Waals surface area (Å²) in [7, 11) is 0. The molecule has 1 aromatic heterocycles. The molecule has 134 valence electrons. The lowest BCUT2D eigenvalue weighted by Gasteiger charge is -2.26. The fourth-order valence-corrected chi connectivity index (χ4v) is 3.06. The molecule has 2 N–H and O–H groups in total. The monoisotopic (exact) mass is 334 g/mol. The number of nitrogens with zero attached hydrogens (tertiary/aromatic N) is 2.